The number of anilines is 2. The number of hydrogen-bond donors (Lipinski definition) is 1. The van der Waals surface area contributed by atoms with E-state index in [1.165, 1.54) is 10.6 Å². The number of halogens is 3. The normalized spacial score (nSPS) is 20.7. The number of β-amino-alcohol motifs (C(OH)–C–C–N with tert-alkyl or cyclic N) is 1. The molecular weight excluding hydrogens is 401 g/mol. The Balaban J connectivity index is 1.73. The monoisotopic (exact) mass is 424 g/mol. The van der Waals surface area contributed by atoms with Crippen LogP contribution in [-0.2, 0) is 11.3 Å². The first-order valence-electron chi connectivity index (χ1n) is 9.85. The smallest absolute Gasteiger partial charge is 0.387 e. The van der Waals surface area contributed by atoms with Crippen LogP contribution < -0.4 is 15.4 Å². The molecule has 0 saturated carbocycles. The lowest BCUT2D eigenvalue weighted by atomic mass is 10.1. The average Bonchev–Trinajstić information content (AvgIpc) is 2.74. The summed E-state index contributed by atoms with van der Waals surface area (Å²) in [4.78, 5) is 20.0. The first kappa shape index (κ1) is 20.7. The first-order chi connectivity index (χ1) is 14.3. The summed E-state index contributed by atoms with van der Waals surface area (Å²) >= 11 is 0. The largest absolute Gasteiger partial charge is 0.408 e. The number of hydrogen-bond acceptors (Lipinski definition) is 6. The van der Waals surface area contributed by atoms with Gasteiger partial charge in [0.15, 0.2) is 0 Å². The van der Waals surface area contributed by atoms with E-state index >= 15 is 0 Å². The van der Waals surface area contributed by atoms with Gasteiger partial charge in [0.25, 0.3) is 5.56 Å². The molecule has 2 aliphatic heterocycles. The molecule has 7 nitrogen and oxygen atoms in total. The highest BCUT2D eigenvalue weighted by Crippen LogP contribution is 2.35. The maximum absolute atomic E-state index is 13.8. The van der Waals surface area contributed by atoms with E-state index < -0.39 is 23.9 Å². The second-order valence-corrected chi connectivity index (χ2v) is 7.43. The number of rotatable bonds is 4. The molecule has 1 aromatic heterocycles. The quantitative estimate of drug-likeness (QED) is 0.809. The number of aliphatic hydroxyl groups is 1. The Hall–Kier alpha value is -2.59. The third-order valence-electron chi connectivity index (χ3n) is 5.50. The number of morpholine rings is 1. The van der Waals surface area contributed by atoms with Crippen LogP contribution in [0.4, 0.5) is 24.9 Å². The molecule has 0 aliphatic carbocycles. The summed E-state index contributed by atoms with van der Waals surface area (Å²) in [6, 6.07) is 8.02. The van der Waals surface area contributed by atoms with E-state index in [-0.39, 0.29) is 25.5 Å². The van der Waals surface area contributed by atoms with Gasteiger partial charge in [0.1, 0.15) is 11.9 Å². The summed E-state index contributed by atoms with van der Waals surface area (Å²) in [5.41, 5.74) is 0.101. The van der Waals surface area contributed by atoms with Gasteiger partial charge in [-0.05, 0) is 12.0 Å². The third-order valence-corrected chi connectivity index (χ3v) is 5.50. The van der Waals surface area contributed by atoms with E-state index in [9.17, 15) is 23.1 Å². The Morgan fingerprint density at radius 3 is 2.53 bits per heavy atom. The van der Waals surface area contributed by atoms with Crippen molar-refractivity contribution in [3.05, 3.63) is 52.3 Å². The predicted molar refractivity (Wildman–Crippen MR) is 105 cm³/mol. The molecule has 2 aliphatic rings. The van der Waals surface area contributed by atoms with Crippen molar-refractivity contribution in [2.45, 2.75) is 31.3 Å². The summed E-state index contributed by atoms with van der Waals surface area (Å²) in [5.74, 6) is 0.268. The Labute approximate surface area is 171 Å². The van der Waals surface area contributed by atoms with Crippen molar-refractivity contribution in [1.29, 1.82) is 0 Å². The Kier molecular flexibility index (Phi) is 5.70. The molecule has 1 aromatic carbocycles. The Bertz CT molecular complexity index is 929. The molecule has 0 amide bonds. The molecule has 10 heteroatoms. The van der Waals surface area contributed by atoms with E-state index in [2.05, 4.69) is 4.98 Å². The lowest BCUT2D eigenvalue weighted by molar-refractivity contribution is -0.153. The number of benzene rings is 1. The summed E-state index contributed by atoms with van der Waals surface area (Å²) in [5, 5.41) is 10.6. The molecule has 1 fully saturated rings. The van der Waals surface area contributed by atoms with Gasteiger partial charge in [-0.15, -0.1) is 0 Å². The van der Waals surface area contributed by atoms with Crippen molar-refractivity contribution < 1.29 is 23.0 Å². The fourth-order valence-corrected chi connectivity index (χ4v) is 3.93. The van der Waals surface area contributed by atoms with Gasteiger partial charge in [0, 0.05) is 25.7 Å². The van der Waals surface area contributed by atoms with Gasteiger partial charge >= 0.3 is 6.18 Å². The van der Waals surface area contributed by atoms with E-state index in [4.69, 9.17) is 4.74 Å². The predicted octanol–water partition coefficient (Wildman–Crippen LogP) is 1.95. The Morgan fingerprint density at radius 2 is 1.87 bits per heavy atom. The van der Waals surface area contributed by atoms with E-state index in [1.54, 1.807) is 30.3 Å². The topological polar surface area (TPSA) is 70.8 Å². The molecule has 4 rings (SSSR count). The molecular formula is C20H23F3N4O3. The number of aromatic nitrogens is 2. The van der Waals surface area contributed by atoms with Crippen LogP contribution in [0.2, 0.25) is 0 Å². The minimum absolute atomic E-state index is 0.0625. The van der Waals surface area contributed by atoms with Gasteiger partial charge in [0.05, 0.1) is 25.9 Å². The highest BCUT2D eigenvalue weighted by atomic mass is 19.4. The van der Waals surface area contributed by atoms with E-state index in [0.29, 0.717) is 37.7 Å². The van der Waals surface area contributed by atoms with Crippen LogP contribution in [-0.4, -0.2) is 59.7 Å². The van der Waals surface area contributed by atoms with Crippen LogP contribution in [0.25, 0.3) is 0 Å². The maximum atomic E-state index is 13.8. The highest BCUT2D eigenvalue weighted by Gasteiger charge is 2.47. The van der Waals surface area contributed by atoms with Gasteiger partial charge in [-0.1, -0.05) is 30.3 Å². The van der Waals surface area contributed by atoms with Crippen LogP contribution in [0, 0.1) is 0 Å². The van der Waals surface area contributed by atoms with Gasteiger partial charge < -0.3 is 19.6 Å². The minimum Gasteiger partial charge on any atom is -0.387 e. The van der Waals surface area contributed by atoms with Crippen molar-refractivity contribution >= 4 is 11.8 Å². The van der Waals surface area contributed by atoms with Crippen molar-refractivity contribution in [3.63, 3.8) is 0 Å². The number of aliphatic hydroxyl groups excluding tert-OH is 1. The van der Waals surface area contributed by atoms with Crippen LogP contribution in [0.5, 0.6) is 0 Å². The maximum Gasteiger partial charge on any atom is 0.408 e. The van der Waals surface area contributed by atoms with Crippen molar-refractivity contribution in [1.82, 2.24) is 9.55 Å². The zero-order valence-corrected chi connectivity index (χ0v) is 16.3. The summed E-state index contributed by atoms with van der Waals surface area (Å²) in [7, 11) is 0. The average molecular weight is 424 g/mol. The SMILES string of the molecule is O=c1cc(N2CCOCC2)nc2n1CC[C@@H](C(F)(F)F)N2C[C@H](O)c1ccccc1. The number of fused-ring (bicyclic) bond motifs is 1. The summed E-state index contributed by atoms with van der Waals surface area (Å²) < 4.78 is 48.0. The first-order valence-corrected chi connectivity index (χ1v) is 9.85. The second-order valence-electron chi connectivity index (χ2n) is 7.43. The van der Waals surface area contributed by atoms with Crippen molar-refractivity contribution in [2.24, 2.45) is 0 Å². The summed E-state index contributed by atoms with van der Waals surface area (Å²) in [6.45, 7) is 1.53. The summed E-state index contributed by atoms with van der Waals surface area (Å²) in [6.07, 6.45) is -5.96. The fraction of sp³-hybridized carbons (Fsp3) is 0.500. The van der Waals surface area contributed by atoms with Crippen molar-refractivity contribution in [3.8, 4) is 0 Å². The number of alkyl halides is 3. The third kappa shape index (κ3) is 4.15. The zero-order chi connectivity index (χ0) is 21.3. The molecule has 1 N–H and O–H groups in total. The van der Waals surface area contributed by atoms with E-state index in [0.717, 1.165) is 4.90 Å². The van der Waals surface area contributed by atoms with Gasteiger partial charge in [-0.25, -0.2) is 0 Å². The number of ether oxygens (including phenoxy) is 1. The molecule has 1 saturated heterocycles. The van der Waals surface area contributed by atoms with Crippen LogP contribution in [0.15, 0.2) is 41.2 Å². The lowest BCUT2D eigenvalue weighted by Gasteiger charge is -2.40. The Morgan fingerprint density at radius 1 is 1.17 bits per heavy atom. The van der Waals surface area contributed by atoms with Gasteiger partial charge in [0.2, 0.25) is 5.95 Å². The van der Waals surface area contributed by atoms with Gasteiger partial charge in [-0.2, -0.15) is 18.2 Å². The minimum atomic E-state index is -4.52. The van der Waals surface area contributed by atoms with Crippen LogP contribution in [0.3, 0.4) is 0 Å². The molecule has 3 heterocycles. The van der Waals surface area contributed by atoms with Crippen LogP contribution in [0.1, 0.15) is 18.1 Å². The second kappa shape index (κ2) is 8.27. The molecule has 30 heavy (non-hydrogen) atoms. The molecule has 0 spiro atoms. The standard InChI is InChI=1S/C20H23F3N4O3/c21-20(22,23)16-6-7-26-18(29)12-17(25-8-10-30-11-9-25)24-19(26)27(16)13-15(28)14-4-2-1-3-5-14/h1-5,12,15-16,28H,6-11,13H2/t15-,16-/m0/s1. The molecule has 2 atom stereocenters. The molecule has 0 unspecified atom stereocenters. The fourth-order valence-electron chi connectivity index (χ4n) is 3.93. The van der Waals surface area contributed by atoms with Gasteiger partial charge in [-0.3, -0.25) is 9.36 Å². The van der Waals surface area contributed by atoms with E-state index in [1.807, 2.05) is 4.90 Å². The highest BCUT2D eigenvalue weighted by molar-refractivity contribution is 5.47. The molecule has 0 radical (unpaired) electrons. The number of nitrogens with zero attached hydrogens (tertiary/aromatic N) is 4. The van der Waals surface area contributed by atoms with Crippen LogP contribution >= 0.6 is 0 Å². The zero-order valence-electron chi connectivity index (χ0n) is 16.3. The molecule has 0 bridgehead atoms. The molecule has 162 valence electrons. The lowest BCUT2D eigenvalue weighted by Crippen LogP contribution is -2.53. The molecule has 2 aromatic rings. The van der Waals surface area contributed by atoms with Crippen molar-refractivity contribution in [2.75, 3.05) is 42.6 Å².